The number of rotatable bonds is 3. The van der Waals surface area contributed by atoms with Gasteiger partial charge in [-0.05, 0) is 31.9 Å². The van der Waals surface area contributed by atoms with Gasteiger partial charge in [0.15, 0.2) is 5.13 Å². The molecule has 1 aromatic carbocycles. The first-order chi connectivity index (χ1) is 9.79. The maximum Gasteiger partial charge on any atom is 0.269 e. The zero-order valence-electron chi connectivity index (χ0n) is 12.9. The molecule has 1 aromatic heterocycles. The Labute approximate surface area is 128 Å². The number of aryl methyl sites for hydroxylation is 3. The predicted octanol–water partition coefficient (Wildman–Crippen LogP) is 2.97. The maximum atomic E-state index is 12.4. The van der Waals surface area contributed by atoms with E-state index in [-0.39, 0.29) is 11.7 Å². The summed E-state index contributed by atoms with van der Waals surface area (Å²) in [6.07, 6.45) is 0. The average molecular weight is 304 g/mol. The van der Waals surface area contributed by atoms with Crippen LogP contribution in [0, 0.1) is 20.8 Å². The van der Waals surface area contributed by atoms with Gasteiger partial charge < -0.3 is 16.0 Å². The summed E-state index contributed by atoms with van der Waals surface area (Å²) in [5.74, 6) is 0.0526. The van der Waals surface area contributed by atoms with Crippen LogP contribution in [-0.2, 0) is 0 Å². The fourth-order valence-corrected chi connectivity index (χ4v) is 3.02. The van der Waals surface area contributed by atoms with E-state index in [0.29, 0.717) is 4.88 Å². The number of nitrogens with one attached hydrogen (secondary N) is 1. The van der Waals surface area contributed by atoms with Crippen LogP contribution in [0.5, 0.6) is 0 Å². The van der Waals surface area contributed by atoms with Crippen LogP contribution in [0.2, 0.25) is 0 Å². The highest BCUT2D eigenvalue weighted by Gasteiger charge is 2.18. The van der Waals surface area contributed by atoms with Gasteiger partial charge in [-0.15, -0.1) is 0 Å². The Morgan fingerprint density at radius 2 is 1.81 bits per heavy atom. The van der Waals surface area contributed by atoms with Crippen molar-refractivity contribution in [3.63, 3.8) is 0 Å². The number of thiazole rings is 1. The lowest BCUT2D eigenvalue weighted by Gasteiger charge is -2.12. The van der Waals surface area contributed by atoms with E-state index in [1.165, 1.54) is 16.9 Å². The van der Waals surface area contributed by atoms with Crippen LogP contribution in [0.1, 0.15) is 26.4 Å². The van der Waals surface area contributed by atoms with Gasteiger partial charge in [0.25, 0.3) is 5.91 Å². The lowest BCUT2D eigenvalue weighted by molar-refractivity contribution is 0.103. The molecule has 6 heteroatoms. The summed E-state index contributed by atoms with van der Waals surface area (Å²) < 4.78 is 0. The van der Waals surface area contributed by atoms with Gasteiger partial charge in [-0.2, -0.15) is 0 Å². The third-order valence-electron chi connectivity index (χ3n) is 3.15. The van der Waals surface area contributed by atoms with E-state index >= 15 is 0 Å². The van der Waals surface area contributed by atoms with Crippen molar-refractivity contribution in [3.05, 3.63) is 33.7 Å². The Kier molecular flexibility index (Phi) is 4.18. The normalized spacial score (nSPS) is 10.5. The SMILES string of the molecule is Cc1cc(C)c(NC(=O)c2sc(N(C)C)nc2N)c(C)c1. The Morgan fingerprint density at radius 3 is 2.29 bits per heavy atom. The maximum absolute atomic E-state index is 12.4. The molecule has 0 bridgehead atoms. The Morgan fingerprint density at radius 1 is 1.24 bits per heavy atom. The van der Waals surface area contributed by atoms with Crippen LogP contribution in [0.15, 0.2) is 12.1 Å². The molecule has 0 fully saturated rings. The highest BCUT2D eigenvalue weighted by Crippen LogP contribution is 2.29. The third kappa shape index (κ3) is 3.16. The minimum atomic E-state index is -0.215. The molecule has 2 aromatic rings. The number of amides is 1. The minimum Gasteiger partial charge on any atom is -0.382 e. The molecule has 0 aliphatic heterocycles. The Bertz CT molecular complexity index is 668. The Balaban J connectivity index is 2.30. The number of aromatic nitrogens is 1. The van der Waals surface area contributed by atoms with Crippen LogP contribution < -0.4 is 16.0 Å². The summed E-state index contributed by atoms with van der Waals surface area (Å²) in [5.41, 5.74) is 9.94. The zero-order valence-corrected chi connectivity index (χ0v) is 13.8. The van der Waals surface area contributed by atoms with Crippen molar-refractivity contribution < 1.29 is 4.79 Å². The number of nitrogen functional groups attached to an aromatic ring is 1. The summed E-state index contributed by atoms with van der Waals surface area (Å²) in [6, 6.07) is 4.09. The molecule has 112 valence electrons. The van der Waals surface area contributed by atoms with Crippen molar-refractivity contribution in [2.45, 2.75) is 20.8 Å². The molecular weight excluding hydrogens is 284 g/mol. The van der Waals surface area contributed by atoms with E-state index in [9.17, 15) is 4.79 Å². The number of anilines is 3. The van der Waals surface area contributed by atoms with E-state index in [0.717, 1.165) is 21.9 Å². The van der Waals surface area contributed by atoms with Crippen molar-refractivity contribution >= 4 is 33.9 Å². The summed E-state index contributed by atoms with van der Waals surface area (Å²) in [6.45, 7) is 6.00. The molecular formula is C15H20N4OS. The van der Waals surface area contributed by atoms with Crippen molar-refractivity contribution in [1.82, 2.24) is 4.98 Å². The molecule has 1 heterocycles. The van der Waals surface area contributed by atoms with Crippen LogP contribution in [0.4, 0.5) is 16.6 Å². The van der Waals surface area contributed by atoms with E-state index in [2.05, 4.69) is 10.3 Å². The number of benzene rings is 1. The first kappa shape index (κ1) is 15.3. The van der Waals surface area contributed by atoms with Crippen molar-refractivity contribution in [2.24, 2.45) is 0 Å². The van der Waals surface area contributed by atoms with Crippen LogP contribution in [0.3, 0.4) is 0 Å². The fourth-order valence-electron chi connectivity index (χ4n) is 2.22. The molecule has 5 nitrogen and oxygen atoms in total. The molecule has 0 aliphatic carbocycles. The second-order valence-corrected chi connectivity index (χ2v) is 6.31. The largest absolute Gasteiger partial charge is 0.382 e. The van der Waals surface area contributed by atoms with Crippen LogP contribution in [0.25, 0.3) is 0 Å². The second-order valence-electron chi connectivity index (χ2n) is 5.33. The number of carbonyl (C=O) groups excluding carboxylic acids is 1. The molecule has 0 saturated heterocycles. The van der Waals surface area contributed by atoms with Gasteiger partial charge in [0, 0.05) is 19.8 Å². The number of nitrogens with two attached hydrogens (primary N) is 1. The summed E-state index contributed by atoms with van der Waals surface area (Å²) in [7, 11) is 3.74. The predicted molar refractivity (Wildman–Crippen MR) is 89.5 cm³/mol. The minimum absolute atomic E-state index is 0.215. The van der Waals surface area contributed by atoms with Gasteiger partial charge >= 0.3 is 0 Å². The summed E-state index contributed by atoms with van der Waals surface area (Å²) in [4.78, 5) is 18.9. The van der Waals surface area contributed by atoms with Gasteiger partial charge in [0.2, 0.25) is 0 Å². The topological polar surface area (TPSA) is 71.2 Å². The zero-order chi connectivity index (χ0) is 15.7. The van der Waals surface area contributed by atoms with E-state index in [1.54, 1.807) is 0 Å². The lowest BCUT2D eigenvalue weighted by Crippen LogP contribution is -2.14. The van der Waals surface area contributed by atoms with Crippen molar-refractivity contribution in [2.75, 3.05) is 30.0 Å². The molecule has 21 heavy (non-hydrogen) atoms. The molecule has 0 spiro atoms. The third-order valence-corrected chi connectivity index (χ3v) is 4.38. The second kappa shape index (κ2) is 5.73. The monoisotopic (exact) mass is 304 g/mol. The summed E-state index contributed by atoms with van der Waals surface area (Å²) >= 11 is 1.29. The molecule has 1 amide bonds. The highest BCUT2D eigenvalue weighted by atomic mass is 32.1. The van der Waals surface area contributed by atoms with Gasteiger partial charge in [0.05, 0.1) is 0 Å². The van der Waals surface area contributed by atoms with Crippen molar-refractivity contribution in [3.8, 4) is 0 Å². The number of hydrogen-bond acceptors (Lipinski definition) is 5. The summed E-state index contributed by atoms with van der Waals surface area (Å²) in [5, 5.41) is 3.67. The van der Waals surface area contributed by atoms with Gasteiger partial charge in [0.1, 0.15) is 10.7 Å². The number of hydrogen-bond donors (Lipinski definition) is 2. The average Bonchev–Trinajstić information content (AvgIpc) is 2.76. The van der Waals surface area contributed by atoms with Crippen LogP contribution >= 0.6 is 11.3 Å². The Hall–Kier alpha value is -2.08. The molecule has 0 aliphatic rings. The van der Waals surface area contributed by atoms with E-state index < -0.39 is 0 Å². The number of carbonyl (C=O) groups is 1. The lowest BCUT2D eigenvalue weighted by atomic mass is 10.1. The van der Waals surface area contributed by atoms with E-state index in [1.807, 2.05) is 51.9 Å². The standard InChI is InChI=1S/C15H20N4OS/c1-8-6-9(2)11(10(3)7-8)17-14(20)12-13(16)18-15(21-12)19(4)5/h6-7H,16H2,1-5H3,(H,17,20). The fraction of sp³-hybridized carbons (Fsp3) is 0.333. The van der Waals surface area contributed by atoms with E-state index in [4.69, 9.17) is 5.73 Å². The first-order valence-electron chi connectivity index (χ1n) is 6.62. The van der Waals surface area contributed by atoms with Crippen LogP contribution in [-0.4, -0.2) is 25.0 Å². The molecule has 0 atom stereocenters. The first-order valence-corrected chi connectivity index (χ1v) is 7.44. The molecule has 0 saturated carbocycles. The molecule has 3 N–H and O–H groups in total. The van der Waals surface area contributed by atoms with Gasteiger partial charge in [-0.3, -0.25) is 4.79 Å². The van der Waals surface area contributed by atoms with Crippen molar-refractivity contribution in [1.29, 1.82) is 0 Å². The highest BCUT2D eigenvalue weighted by molar-refractivity contribution is 7.18. The molecule has 0 unspecified atom stereocenters. The number of nitrogens with zero attached hydrogens (tertiary/aromatic N) is 2. The van der Waals surface area contributed by atoms with Gasteiger partial charge in [-0.1, -0.05) is 29.0 Å². The smallest absolute Gasteiger partial charge is 0.269 e. The van der Waals surface area contributed by atoms with Gasteiger partial charge in [-0.25, -0.2) is 4.98 Å². The molecule has 0 radical (unpaired) electrons. The molecule has 2 rings (SSSR count). The quantitative estimate of drug-likeness (QED) is 0.914.